The van der Waals surface area contributed by atoms with Gasteiger partial charge in [-0.2, -0.15) is 0 Å². The Morgan fingerprint density at radius 1 is 1.11 bits per heavy atom. The summed E-state index contributed by atoms with van der Waals surface area (Å²) in [4.78, 5) is 24.2. The Morgan fingerprint density at radius 3 is 2.54 bits per heavy atom. The molecule has 0 atom stereocenters. The minimum Gasteiger partial charge on any atom is -0.497 e. The van der Waals surface area contributed by atoms with Gasteiger partial charge in [0.2, 0.25) is 0 Å². The Labute approximate surface area is 167 Å². The van der Waals surface area contributed by atoms with Crippen molar-refractivity contribution in [2.75, 3.05) is 19.5 Å². The van der Waals surface area contributed by atoms with Crippen LogP contribution in [0.25, 0.3) is 11.1 Å². The Bertz CT molecular complexity index is 1120. The Balaban J connectivity index is 1.88. The molecular weight excluding hydrogens is 388 g/mol. The largest absolute Gasteiger partial charge is 0.497 e. The third-order valence-corrected chi connectivity index (χ3v) is 4.74. The third-order valence-electron chi connectivity index (χ3n) is 3.85. The van der Waals surface area contributed by atoms with E-state index in [0.29, 0.717) is 5.56 Å². The van der Waals surface area contributed by atoms with Gasteiger partial charge in [-0.3, -0.25) is 4.79 Å². The van der Waals surface area contributed by atoms with E-state index in [1.165, 1.54) is 35.7 Å². The third kappa shape index (κ3) is 3.86. The predicted molar refractivity (Wildman–Crippen MR) is 102 cm³/mol. The van der Waals surface area contributed by atoms with Crippen molar-refractivity contribution in [2.24, 2.45) is 0 Å². The van der Waals surface area contributed by atoms with E-state index in [1.807, 2.05) is 0 Å². The van der Waals surface area contributed by atoms with Crippen LogP contribution >= 0.6 is 11.3 Å². The van der Waals surface area contributed by atoms with Crippen LogP contribution in [-0.4, -0.2) is 26.0 Å². The van der Waals surface area contributed by atoms with Crippen molar-refractivity contribution >= 4 is 28.9 Å². The summed E-state index contributed by atoms with van der Waals surface area (Å²) in [5.74, 6) is -3.72. The molecule has 0 saturated carbocycles. The predicted octanol–water partition coefficient (Wildman–Crippen LogP) is 4.74. The van der Waals surface area contributed by atoms with Gasteiger partial charge in [0.05, 0.1) is 23.8 Å². The fraction of sp³-hybridized carbons (Fsp3) is 0.100. The van der Waals surface area contributed by atoms with E-state index in [4.69, 9.17) is 8.85 Å². The summed E-state index contributed by atoms with van der Waals surface area (Å²) in [6.07, 6.45) is 0. The Morgan fingerprint density at radius 2 is 1.86 bits per heavy atom. The lowest BCUT2D eigenvalue weighted by molar-refractivity contribution is 0.0603. The summed E-state index contributed by atoms with van der Waals surface area (Å²) in [6, 6.07) is 9.04. The van der Waals surface area contributed by atoms with Gasteiger partial charge in [-0.15, -0.1) is 11.3 Å². The highest BCUT2D eigenvalue weighted by Crippen LogP contribution is 2.30. The number of rotatable bonds is 5. The molecule has 144 valence electrons. The van der Waals surface area contributed by atoms with E-state index >= 15 is 0 Å². The molecule has 28 heavy (non-hydrogen) atoms. The average Bonchev–Trinajstić information content (AvgIpc) is 3.18. The van der Waals surface area contributed by atoms with Crippen LogP contribution in [0.15, 0.2) is 47.8 Å². The summed E-state index contributed by atoms with van der Waals surface area (Å²) >= 11 is 0.960. The fourth-order valence-corrected chi connectivity index (χ4v) is 3.33. The molecule has 1 heterocycles. The number of carbonyl (C=O) groups excluding carboxylic acids is 2. The fourth-order valence-electron chi connectivity index (χ4n) is 2.52. The van der Waals surface area contributed by atoms with Crippen LogP contribution in [0.1, 0.15) is 24.1 Å². The van der Waals surface area contributed by atoms with Crippen molar-refractivity contribution in [1.29, 1.82) is 0 Å². The number of anilines is 1. The van der Waals surface area contributed by atoms with Gasteiger partial charge in [0, 0.05) is 0 Å². The van der Waals surface area contributed by atoms with Crippen LogP contribution in [0.3, 0.4) is 0 Å². The summed E-state index contributed by atoms with van der Waals surface area (Å²) in [6.45, 7) is 0. The zero-order valence-electron chi connectivity index (χ0n) is 17.4. The van der Waals surface area contributed by atoms with Gasteiger partial charge in [-0.1, -0.05) is 12.1 Å². The van der Waals surface area contributed by atoms with E-state index in [0.717, 1.165) is 30.6 Å². The Kier molecular flexibility index (Phi) is 4.61. The molecule has 0 bridgehead atoms. The van der Waals surface area contributed by atoms with Crippen molar-refractivity contribution < 1.29 is 32.0 Å². The quantitative estimate of drug-likeness (QED) is 0.622. The van der Waals surface area contributed by atoms with Crippen LogP contribution < -0.4 is 10.1 Å². The molecule has 0 saturated heterocycles. The number of esters is 1. The van der Waals surface area contributed by atoms with E-state index in [2.05, 4.69) is 10.1 Å². The lowest BCUT2D eigenvalue weighted by Crippen LogP contribution is -2.17. The molecule has 2 aromatic carbocycles. The van der Waals surface area contributed by atoms with Crippen molar-refractivity contribution in [3.05, 3.63) is 69.9 Å². The van der Waals surface area contributed by atoms with Crippen LogP contribution in [0.2, 0.25) is 0 Å². The number of hydrogen-bond donors (Lipinski definition) is 1. The van der Waals surface area contributed by atoms with Gasteiger partial charge < -0.3 is 14.8 Å². The van der Waals surface area contributed by atoms with Crippen molar-refractivity contribution in [1.82, 2.24) is 0 Å². The highest BCUT2D eigenvalue weighted by molar-refractivity contribution is 7.12. The van der Waals surface area contributed by atoms with Crippen LogP contribution in [-0.2, 0) is 4.74 Å². The van der Waals surface area contributed by atoms with E-state index in [1.54, 1.807) is 0 Å². The first-order valence-electron chi connectivity index (χ1n) is 9.34. The summed E-state index contributed by atoms with van der Waals surface area (Å²) < 4.78 is 60.1. The highest BCUT2D eigenvalue weighted by Gasteiger charge is 2.22. The average molecular weight is 406 g/mol. The standard InChI is InChI=1S/C20H15F2NO4S/c1-26-13-5-3-4-11(8-13)12-9-15(21)17(16(22)10-12)23-19(24)14-6-7-28-18(14)20(25)27-2/h3-10H,1-2H3,(H,23,24)/i1D3. The number of carbonyl (C=O) groups is 2. The molecule has 0 fully saturated rings. The summed E-state index contributed by atoms with van der Waals surface area (Å²) in [7, 11) is -1.52. The van der Waals surface area contributed by atoms with Crippen molar-refractivity contribution in [2.45, 2.75) is 0 Å². The van der Waals surface area contributed by atoms with Crippen LogP contribution in [0, 0.1) is 11.6 Å². The summed E-state index contributed by atoms with van der Waals surface area (Å²) in [5.41, 5.74) is -0.349. The van der Waals surface area contributed by atoms with Gasteiger partial charge in [0.25, 0.3) is 5.91 Å². The minimum absolute atomic E-state index is 0.00323. The number of hydrogen-bond acceptors (Lipinski definition) is 5. The van der Waals surface area contributed by atoms with Gasteiger partial charge in [0.1, 0.15) is 27.9 Å². The molecule has 0 aliphatic rings. The molecule has 1 aromatic heterocycles. The number of amides is 1. The second-order valence-corrected chi connectivity index (χ2v) is 6.47. The smallest absolute Gasteiger partial charge is 0.348 e. The zero-order chi connectivity index (χ0) is 22.8. The number of ether oxygens (including phenoxy) is 2. The van der Waals surface area contributed by atoms with Crippen LogP contribution in [0.4, 0.5) is 14.5 Å². The lowest BCUT2D eigenvalue weighted by Gasteiger charge is -2.11. The molecule has 3 rings (SSSR count). The molecule has 0 aliphatic carbocycles. The van der Waals surface area contributed by atoms with Gasteiger partial charge in [0.15, 0.2) is 0 Å². The zero-order valence-corrected chi connectivity index (χ0v) is 15.2. The molecule has 0 spiro atoms. The first kappa shape index (κ1) is 15.8. The SMILES string of the molecule is [2H]C([2H])([2H])Oc1cccc(-c2cc(F)c(NC(=O)c3ccsc3C(=O)OC)c(F)c2)c1. The van der Waals surface area contributed by atoms with E-state index < -0.39 is 36.2 Å². The van der Waals surface area contributed by atoms with Crippen molar-refractivity contribution in [3.63, 3.8) is 0 Å². The second-order valence-electron chi connectivity index (χ2n) is 5.55. The minimum atomic E-state index is -2.67. The van der Waals surface area contributed by atoms with Gasteiger partial charge >= 0.3 is 5.97 Å². The monoisotopic (exact) mass is 406 g/mol. The molecule has 1 amide bonds. The van der Waals surface area contributed by atoms with Crippen LogP contribution in [0.5, 0.6) is 5.75 Å². The normalized spacial score (nSPS) is 12.5. The summed E-state index contributed by atoms with van der Waals surface area (Å²) in [5, 5.41) is 3.61. The number of halogens is 2. The molecule has 3 aromatic rings. The molecule has 0 radical (unpaired) electrons. The topological polar surface area (TPSA) is 64.6 Å². The molecular formula is C20H15F2NO4S. The maximum Gasteiger partial charge on any atom is 0.348 e. The Hall–Kier alpha value is -3.26. The first-order chi connectivity index (χ1) is 14.6. The molecule has 0 aliphatic heterocycles. The molecule has 1 N–H and O–H groups in total. The van der Waals surface area contributed by atoms with Gasteiger partial charge in [-0.25, -0.2) is 13.6 Å². The van der Waals surface area contributed by atoms with E-state index in [9.17, 15) is 18.4 Å². The number of benzene rings is 2. The number of methoxy groups -OCH3 is 2. The lowest BCUT2D eigenvalue weighted by atomic mass is 10.0. The molecule has 5 nitrogen and oxygen atoms in total. The second kappa shape index (κ2) is 8.18. The number of thiophene rings is 1. The highest BCUT2D eigenvalue weighted by atomic mass is 32.1. The van der Waals surface area contributed by atoms with Gasteiger partial charge in [-0.05, 0) is 46.8 Å². The van der Waals surface area contributed by atoms with E-state index in [-0.39, 0.29) is 21.8 Å². The van der Waals surface area contributed by atoms with Crippen molar-refractivity contribution in [3.8, 4) is 16.9 Å². The molecule has 0 unspecified atom stereocenters. The first-order valence-corrected chi connectivity index (χ1v) is 8.72. The maximum absolute atomic E-state index is 14.6. The molecule has 8 heteroatoms. The maximum atomic E-state index is 14.6. The number of nitrogens with one attached hydrogen (secondary N) is 1.